The van der Waals surface area contributed by atoms with Gasteiger partial charge in [0, 0.05) is 16.7 Å². The third-order valence-corrected chi connectivity index (χ3v) is 3.81. The van der Waals surface area contributed by atoms with Gasteiger partial charge in [-0.05, 0) is 54.8 Å². The summed E-state index contributed by atoms with van der Waals surface area (Å²) in [6.45, 7) is 4.85. The second kappa shape index (κ2) is 6.64. The van der Waals surface area contributed by atoms with Crippen LogP contribution in [0.1, 0.15) is 22.3 Å². The van der Waals surface area contributed by atoms with Gasteiger partial charge in [0.05, 0.1) is 12.7 Å². The number of rotatable bonds is 4. The van der Waals surface area contributed by atoms with Crippen molar-refractivity contribution in [2.75, 3.05) is 12.4 Å². The number of hydrogen-bond acceptors (Lipinski definition) is 3. The number of benzene rings is 2. The van der Waals surface area contributed by atoms with Gasteiger partial charge < -0.3 is 10.1 Å². The fourth-order valence-corrected chi connectivity index (χ4v) is 3.00. The molecule has 21 heavy (non-hydrogen) atoms. The van der Waals surface area contributed by atoms with E-state index >= 15 is 0 Å². The van der Waals surface area contributed by atoms with Gasteiger partial charge in [-0.1, -0.05) is 22.0 Å². The van der Waals surface area contributed by atoms with Crippen molar-refractivity contribution in [3.63, 3.8) is 0 Å². The quantitative estimate of drug-likeness (QED) is 0.884. The summed E-state index contributed by atoms with van der Waals surface area (Å²) < 4.78 is 6.32. The fraction of sp³-hybridized carbons (Fsp3) is 0.235. The Bertz CT molecular complexity index is 681. The smallest absolute Gasteiger partial charge is 0.136 e. The van der Waals surface area contributed by atoms with Crippen LogP contribution in [0.5, 0.6) is 5.75 Å². The average molecular weight is 345 g/mol. The van der Waals surface area contributed by atoms with Crippen LogP contribution in [0, 0.1) is 25.2 Å². The number of hydrogen-bond donors (Lipinski definition) is 1. The van der Waals surface area contributed by atoms with Crippen molar-refractivity contribution in [1.29, 1.82) is 5.26 Å². The molecule has 0 bridgehead atoms. The molecule has 2 aromatic rings. The lowest BCUT2D eigenvalue weighted by molar-refractivity contribution is 0.413. The minimum Gasteiger partial charge on any atom is -0.495 e. The van der Waals surface area contributed by atoms with Crippen molar-refractivity contribution in [3.05, 3.63) is 57.1 Å². The first-order valence-electron chi connectivity index (χ1n) is 6.62. The molecular weight excluding hydrogens is 328 g/mol. The van der Waals surface area contributed by atoms with Crippen LogP contribution >= 0.6 is 15.9 Å². The maximum atomic E-state index is 9.00. The summed E-state index contributed by atoms with van der Waals surface area (Å²) in [6, 6.07) is 11.9. The summed E-state index contributed by atoms with van der Waals surface area (Å²) in [7, 11) is 1.58. The van der Waals surface area contributed by atoms with Crippen molar-refractivity contribution >= 4 is 21.6 Å². The Morgan fingerprint density at radius 1 is 1.19 bits per heavy atom. The van der Waals surface area contributed by atoms with Gasteiger partial charge in [-0.3, -0.25) is 0 Å². The molecule has 0 unspecified atom stereocenters. The van der Waals surface area contributed by atoms with Crippen molar-refractivity contribution < 1.29 is 4.74 Å². The van der Waals surface area contributed by atoms with E-state index in [2.05, 4.69) is 53.3 Å². The monoisotopic (exact) mass is 344 g/mol. The second-order valence-electron chi connectivity index (χ2n) is 4.91. The van der Waals surface area contributed by atoms with Gasteiger partial charge in [0.2, 0.25) is 0 Å². The molecule has 0 heterocycles. The van der Waals surface area contributed by atoms with E-state index in [1.54, 1.807) is 13.2 Å². The van der Waals surface area contributed by atoms with Crippen LogP contribution in [-0.2, 0) is 6.54 Å². The minimum absolute atomic E-state index is 0.553. The molecule has 0 spiro atoms. The lowest BCUT2D eigenvalue weighted by Gasteiger charge is -2.14. The van der Waals surface area contributed by atoms with Crippen LogP contribution in [-0.4, -0.2) is 7.11 Å². The highest BCUT2D eigenvalue weighted by atomic mass is 79.9. The van der Waals surface area contributed by atoms with Crippen LogP contribution in [0.25, 0.3) is 0 Å². The van der Waals surface area contributed by atoms with E-state index in [4.69, 9.17) is 10.00 Å². The van der Waals surface area contributed by atoms with Crippen molar-refractivity contribution in [1.82, 2.24) is 0 Å². The molecule has 2 rings (SSSR count). The maximum absolute atomic E-state index is 9.00. The Balaban J connectivity index is 2.19. The van der Waals surface area contributed by atoms with Crippen LogP contribution in [0.15, 0.2) is 34.8 Å². The van der Waals surface area contributed by atoms with Crippen LogP contribution in [0.4, 0.5) is 5.69 Å². The highest BCUT2D eigenvalue weighted by Crippen LogP contribution is 2.26. The normalized spacial score (nSPS) is 10.0. The van der Waals surface area contributed by atoms with Gasteiger partial charge in [-0.2, -0.15) is 5.26 Å². The molecule has 0 atom stereocenters. The zero-order valence-electron chi connectivity index (χ0n) is 12.3. The Kier molecular flexibility index (Phi) is 4.87. The largest absolute Gasteiger partial charge is 0.495 e. The van der Waals surface area contributed by atoms with Gasteiger partial charge in [0.1, 0.15) is 11.8 Å². The maximum Gasteiger partial charge on any atom is 0.136 e. The molecule has 4 heteroatoms. The van der Waals surface area contributed by atoms with Crippen molar-refractivity contribution in [2.24, 2.45) is 0 Å². The van der Waals surface area contributed by atoms with Crippen LogP contribution in [0.2, 0.25) is 0 Å². The molecule has 0 amide bonds. The Labute approximate surface area is 133 Å². The number of halogens is 1. The first kappa shape index (κ1) is 15.4. The molecular formula is C17H17BrN2O. The standard InChI is InChI=1S/C17H17BrN2O/c1-11-6-15(18)7-12(2)17(11)20-10-13-4-5-14(9-19)16(8-13)21-3/h4-8,20H,10H2,1-3H3. The molecule has 0 radical (unpaired) electrons. The highest BCUT2D eigenvalue weighted by molar-refractivity contribution is 9.10. The van der Waals surface area contributed by atoms with Crippen molar-refractivity contribution in [3.8, 4) is 11.8 Å². The molecule has 0 aliphatic heterocycles. The molecule has 108 valence electrons. The van der Waals surface area contributed by atoms with E-state index in [9.17, 15) is 0 Å². The zero-order valence-corrected chi connectivity index (χ0v) is 13.9. The summed E-state index contributed by atoms with van der Waals surface area (Å²) in [5, 5.41) is 12.5. The van der Waals surface area contributed by atoms with E-state index in [-0.39, 0.29) is 0 Å². The van der Waals surface area contributed by atoms with Gasteiger partial charge in [0.15, 0.2) is 0 Å². The predicted octanol–water partition coefficient (Wildman–Crippen LogP) is 4.56. The molecule has 0 saturated heterocycles. The lowest BCUT2D eigenvalue weighted by Crippen LogP contribution is -2.03. The van der Waals surface area contributed by atoms with Gasteiger partial charge >= 0.3 is 0 Å². The zero-order chi connectivity index (χ0) is 15.4. The van der Waals surface area contributed by atoms with E-state index in [0.717, 1.165) is 15.7 Å². The summed E-state index contributed by atoms with van der Waals surface area (Å²) in [4.78, 5) is 0. The Hall–Kier alpha value is -1.99. The second-order valence-corrected chi connectivity index (χ2v) is 5.83. The molecule has 1 N–H and O–H groups in total. The topological polar surface area (TPSA) is 45.0 Å². The lowest BCUT2D eigenvalue weighted by atomic mass is 10.1. The Morgan fingerprint density at radius 3 is 2.43 bits per heavy atom. The number of anilines is 1. The average Bonchev–Trinajstić information content (AvgIpc) is 2.45. The highest BCUT2D eigenvalue weighted by Gasteiger charge is 2.06. The van der Waals surface area contributed by atoms with Gasteiger partial charge in [-0.15, -0.1) is 0 Å². The summed E-state index contributed by atoms with van der Waals surface area (Å²) in [5.74, 6) is 0.612. The number of nitrogens with one attached hydrogen (secondary N) is 1. The number of methoxy groups -OCH3 is 1. The van der Waals surface area contributed by atoms with Crippen LogP contribution < -0.4 is 10.1 Å². The number of nitrogens with zero attached hydrogens (tertiary/aromatic N) is 1. The summed E-state index contributed by atoms with van der Waals surface area (Å²) >= 11 is 3.50. The summed E-state index contributed by atoms with van der Waals surface area (Å²) in [6.07, 6.45) is 0. The molecule has 0 fully saturated rings. The van der Waals surface area contributed by atoms with E-state index in [1.807, 2.05) is 12.1 Å². The van der Waals surface area contributed by atoms with E-state index in [1.165, 1.54) is 11.1 Å². The molecule has 3 nitrogen and oxygen atoms in total. The fourth-order valence-electron chi connectivity index (χ4n) is 2.32. The minimum atomic E-state index is 0.553. The Morgan fingerprint density at radius 2 is 1.86 bits per heavy atom. The SMILES string of the molecule is COc1cc(CNc2c(C)cc(Br)cc2C)ccc1C#N. The van der Waals surface area contributed by atoms with Crippen molar-refractivity contribution in [2.45, 2.75) is 20.4 Å². The molecule has 0 saturated carbocycles. The number of ether oxygens (including phenoxy) is 1. The van der Waals surface area contributed by atoms with E-state index in [0.29, 0.717) is 17.9 Å². The third kappa shape index (κ3) is 3.56. The van der Waals surface area contributed by atoms with E-state index < -0.39 is 0 Å². The first-order chi connectivity index (χ1) is 10.0. The number of nitriles is 1. The predicted molar refractivity (Wildman–Crippen MR) is 88.7 cm³/mol. The number of aryl methyl sites for hydroxylation is 2. The molecule has 0 aliphatic rings. The summed E-state index contributed by atoms with van der Waals surface area (Å²) in [5.41, 5.74) is 5.16. The van der Waals surface area contributed by atoms with Gasteiger partial charge in [-0.25, -0.2) is 0 Å². The van der Waals surface area contributed by atoms with Gasteiger partial charge in [0.25, 0.3) is 0 Å². The van der Waals surface area contributed by atoms with Crippen LogP contribution in [0.3, 0.4) is 0 Å². The molecule has 0 aliphatic carbocycles. The third-order valence-electron chi connectivity index (χ3n) is 3.35. The first-order valence-corrected chi connectivity index (χ1v) is 7.42. The molecule has 2 aromatic carbocycles. The molecule has 0 aromatic heterocycles.